The van der Waals surface area contributed by atoms with Crippen LogP contribution in [0.25, 0.3) is 59.6 Å². The van der Waals surface area contributed by atoms with E-state index in [0.717, 1.165) is 0 Å². The van der Waals surface area contributed by atoms with Gasteiger partial charge in [0, 0.05) is 16.2 Å². The highest BCUT2D eigenvalue weighted by molar-refractivity contribution is 6.21. The highest BCUT2D eigenvalue weighted by Crippen LogP contribution is 2.38. The van der Waals surface area contributed by atoms with Crippen molar-refractivity contribution in [3.05, 3.63) is 103 Å². The van der Waals surface area contributed by atoms with Crippen molar-refractivity contribution in [2.75, 3.05) is 0 Å². The fraction of sp³-hybridized carbons (Fsp3) is 0. The average Bonchev–Trinajstić information content (AvgIpc) is 3.19. The van der Waals surface area contributed by atoms with Crippen molar-refractivity contribution in [2.24, 2.45) is 0 Å². The summed E-state index contributed by atoms with van der Waals surface area (Å²) in [5, 5.41) is 10.4. The van der Waals surface area contributed by atoms with Gasteiger partial charge in [-0.3, -0.25) is 0 Å². The van der Waals surface area contributed by atoms with Crippen LogP contribution in [0, 0.1) is 0 Å². The van der Waals surface area contributed by atoms with Crippen LogP contribution in [-0.4, -0.2) is 4.40 Å². The largest absolute Gasteiger partial charge is 0.309 e. The fourth-order valence-corrected chi connectivity index (χ4v) is 4.99. The topological polar surface area (TPSA) is 4.41 Å². The van der Waals surface area contributed by atoms with E-state index < -0.39 is 0 Å². The highest BCUT2D eigenvalue weighted by Gasteiger charge is 2.14. The van der Waals surface area contributed by atoms with Crippen molar-refractivity contribution >= 4 is 59.6 Å². The summed E-state index contributed by atoms with van der Waals surface area (Å²) in [7, 11) is 0. The fourth-order valence-electron chi connectivity index (χ4n) is 4.99. The van der Waals surface area contributed by atoms with Crippen molar-refractivity contribution in [3.8, 4) is 0 Å². The van der Waals surface area contributed by atoms with Crippen LogP contribution in [-0.2, 0) is 0 Å². The lowest BCUT2D eigenvalue weighted by atomic mass is 10.00. The molecule has 0 aliphatic heterocycles. The second-order valence-electron chi connectivity index (χ2n) is 7.85. The van der Waals surface area contributed by atoms with Crippen LogP contribution in [0.4, 0.5) is 0 Å². The Morgan fingerprint density at radius 1 is 0.345 bits per heavy atom. The van der Waals surface area contributed by atoms with E-state index in [4.69, 9.17) is 0 Å². The Hall–Kier alpha value is -3.84. The number of hydrogen-bond acceptors (Lipinski definition) is 0. The van der Waals surface area contributed by atoms with Gasteiger partial charge in [0.2, 0.25) is 0 Å². The summed E-state index contributed by atoms with van der Waals surface area (Å²) < 4.78 is 2.44. The molecule has 0 amide bonds. The predicted molar refractivity (Wildman–Crippen MR) is 125 cm³/mol. The molecule has 0 unspecified atom stereocenters. The smallest absolute Gasteiger partial charge is 0.0547 e. The molecule has 7 rings (SSSR count). The van der Waals surface area contributed by atoms with Gasteiger partial charge in [-0.2, -0.15) is 0 Å². The maximum atomic E-state index is 2.44. The van der Waals surface area contributed by atoms with E-state index in [1.165, 1.54) is 59.6 Å². The lowest BCUT2D eigenvalue weighted by Crippen LogP contribution is -1.91. The summed E-state index contributed by atoms with van der Waals surface area (Å²) in [6.07, 6.45) is 0. The SMILES string of the molecule is c1ccc2cc3c(cc2c1)c1ccccc1n1c2ccc4ccccc4c2cc31. The Labute approximate surface area is 167 Å². The number of hydrogen-bond donors (Lipinski definition) is 0. The lowest BCUT2D eigenvalue weighted by molar-refractivity contribution is 1.35. The number of para-hydroxylation sites is 1. The van der Waals surface area contributed by atoms with Gasteiger partial charge in [0.1, 0.15) is 0 Å². The zero-order valence-corrected chi connectivity index (χ0v) is 15.8. The van der Waals surface area contributed by atoms with Gasteiger partial charge in [-0.1, -0.05) is 72.8 Å². The molecule has 0 saturated heterocycles. The third kappa shape index (κ3) is 1.94. The molecule has 2 aromatic heterocycles. The normalized spacial score (nSPS) is 12.1. The molecule has 7 aromatic rings. The minimum atomic E-state index is 1.26. The average molecular weight is 367 g/mol. The minimum Gasteiger partial charge on any atom is -0.309 e. The third-order valence-corrected chi connectivity index (χ3v) is 6.31. The van der Waals surface area contributed by atoms with E-state index in [1.807, 2.05) is 0 Å². The van der Waals surface area contributed by atoms with E-state index in [1.54, 1.807) is 0 Å². The van der Waals surface area contributed by atoms with Crippen LogP contribution < -0.4 is 0 Å². The maximum Gasteiger partial charge on any atom is 0.0547 e. The Morgan fingerprint density at radius 2 is 0.931 bits per heavy atom. The number of fused-ring (bicyclic) bond motifs is 11. The molecule has 0 N–H and O–H groups in total. The number of pyridine rings is 1. The highest BCUT2D eigenvalue weighted by atomic mass is 14.9. The molecule has 134 valence electrons. The monoisotopic (exact) mass is 367 g/mol. The zero-order chi connectivity index (χ0) is 18.9. The van der Waals surface area contributed by atoms with E-state index >= 15 is 0 Å². The quantitative estimate of drug-likeness (QED) is 0.191. The van der Waals surface area contributed by atoms with Crippen molar-refractivity contribution in [1.82, 2.24) is 4.40 Å². The molecule has 0 atom stereocenters. The molecule has 0 fully saturated rings. The van der Waals surface area contributed by atoms with E-state index in [9.17, 15) is 0 Å². The zero-order valence-electron chi connectivity index (χ0n) is 15.8. The standard InChI is InChI=1S/C28H17N/c1-2-9-20-16-24-23(15-19(20)8-1)22-11-5-6-12-26(22)29-27-14-13-18-7-3-4-10-21(18)25(27)17-28(24)29/h1-17H. The van der Waals surface area contributed by atoms with E-state index in [2.05, 4.69) is 108 Å². The number of nitrogens with zero attached hydrogens (tertiary/aromatic N) is 1. The van der Waals surface area contributed by atoms with Crippen molar-refractivity contribution in [2.45, 2.75) is 0 Å². The Morgan fingerprint density at radius 3 is 1.76 bits per heavy atom. The van der Waals surface area contributed by atoms with Crippen LogP contribution >= 0.6 is 0 Å². The summed E-state index contributed by atoms with van der Waals surface area (Å²) >= 11 is 0. The number of benzene rings is 5. The summed E-state index contributed by atoms with van der Waals surface area (Å²) in [6.45, 7) is 0. The molecule has 0 aliphatic carbocycles. The molecule has 0 spiro atoms. The Balaban J connectivity index is 1.84. The van der Waals surface area contributed by atoms with E-state index in [0.29, 0.717) is 0 Å². The minimum absolute atomic E-state index is 1.26. The summed E-state index contributed by atoms with van der Waals surface area (Å²) in [5.41, 5.74) is 3.80. The van der Waals surface area contributed by atoms with Gasteiger partial charge in [-0.15, -0.1) is 0 Å². The summed E-state index contributed by atoms with van der Waals surface area (Å²) in [4.78, 5) is 0. The summed E-state index contributed by atoms with van der Waals surface area (Å²) in [5.74, 6) is 0. The molecule has 1 heteroatoms. The second kappa shape index (κ2) is 5.36. The first-order valence-electron chi connectivity index (χ1n) is 10.0. The second-order valence-corrected chi connectivity index (χ2v) is 7.85. The van der Waals surface area contributed by atoms with Crippen LogP contribution in [0.3, 0.4) is 0 Å². The third-order valence-electron chi connectivity index (χ3n) is 6.31. The first-order valence-corrected chi connectivity index (χ1v) is 10.0. The molecule has 29 heavy (non-hydrogen) atoms. The predicted octanol–water partition coefficient (Wildman–Crippen LogP) is 7.71. The van der Waals surface area contributed by atoms with Crippen molar-refractivity contribution in [1.29, 1.82) is 0 Å². The lowest BCUT2D eigenvalue weighted by Gasteiger charge is -2.11. The van der Waals surface area contributed by atoms with Gasteiger partial charge >= 0.3 is 0 Å². The molecule has 0 bridgehead atoms. The van der Waals surface area contributed by atoms with Gasteiger partial charge in [0.05, 0.1) is 16.6 Å². The molecule has 0 radical (unpaired) electrons. The molecule has 2 heterocycles. The van der Waals surface area contributed by atoms with Crippen LogP contribution in [0.15, 0.2) is 103 Å². The van der Waals surface area contributed by atoms with Crippen molar-refractivity contribution < 1.29 is 0 Å². The summed E-state index contributed by atoms with van der Waals surface area (Å²) in [6, 6.07) is 37.7. The molecule has 1 nitrogen and oxygen atoms in total. The van der Waals surface area contributed by atoms with Crippen LogP contribution in [0.1, 0.15) is 0 Å². The van der Waals surface area contributed by atoms with Crippen LogP contribution in [0.2, 0.25) is 0 Å². The molecule has 0 aliphatic rings. The Bertz CT molecular complexity index is 1750. The molecular formula is C28H17N. The van der Waals surface area contributed by atoms with E-state index in [-0.39, 0.29) is 0 Å². The van der Waals surface area contributed by atoms with Crippen LogP contribution in [0.5, 0.6) is 0 Å². The first-order chi connectivity index (χ1) is 14.4. The van der Waals surface area contributed by atoms with Gasteiger partial charge in [-0.05, 0) is 57.3 Å². The Kier molecular flexibility index (Phi) is 2.80. The van der Waals surface area contributed by atoms with Crippen molar-refractivity contribution in [3.63, 3.8) is 0 Å². The van der Waals surface area contributed by atoms with Gasteiger partial charge < -0.3 is 4.40 Å². The number of aromatic nitrogens is 1. The number of rotatable bonds is 0. The maximum absolute atomic E-state index is 2.44. The van der Waals surface area contributed by atoms with Gasteiger partial charge in [-0.25, -0.2) is 0 Å². The molecule has 0 saturated carbocycles. The van der Waals surface area contributed by atoms with Gasteiger partial charge in [0.15, 0.2) is 0 Å². The first kappa shape index (κ1) is 15.1. The van der Waals surface area contributed by atoms with Gasteiger partial charge in [0.25, 0.3) is 0 Å². The molecular weight excluding hydrogens is 350 g/mol. The molecule has 5 aromatic carbocycles.